The number of amides is 3. The van der Waals surface area contributed by atoms with Crippen molar-refractivity contribution in [1.29, 1.82) is 0 Å². The number of nitrogens with one attached hydrogen (secondary N) is 1. The molecule has 0 aromatic heterocycles. The zero-order valence-corrected chi connectivity index (χ0v) is 12.8. The predicted octanol–water partition coefficient (Wildman–Crippen LogP) is 1.06. The van der Waals surface area contributed by atoms with Crippen LogP contribution in [-0.4, -0.2) is 60.5 Å². The van der Waals surface area contributed by atoms with Crippen molar-refractivity contribution in [3.63, 3.8) is 0 Å². The fourth-order valence-electron chi connectivity index (χ4n) is 2.17. The molecule has 1 fully saturated rings. The molecule has 1 aromatic rings. The maximum Gasteiger partial charge on any atom is 0.409 e. The zero-order chi connectivity index (χ0) is 16.8. The molecule has 0 aliphatic carbocycles. The van der Waals surface area contributed by atoms with Crippen LogP contribution in [0.3, 0.4) is 0 Å². The first-order chi connectivity index (χ1) is 11.0. The van der Waals surface area contributed by atoms with Crippen molar-refractivity contribution in [2.75, 3.05) is 38.1 Å². The van der Waals surface area contributed by atoms with Gasteiger partial charge in [0.05, 0.1) is 6.61 Å². The first kappa shape index (κ1) is 16.7. The van der Waals surface area contributed by atoms with Crippen LogP contribution in [0.25, 0.3) is 0 Å². The Morgan fingerprint density at radius 2 is 1.65 bits per heavy atom. The third kappa shape index (κ3) is 4.41. The topological polar surface area (TPSA) is 79.0 Å². The number of piperazine rings is 1. The molecule has 0 atom stereocenters. The van der Waals surface area contributed by atoms with Crippen LogP contribution in [0.5, 0.6) is 0 Å². The van der Waals surface area contributed by atoms with E-state index in [1.54, 1.807) is 6.92 Å². The molecule has 1 N–H and O–H groups in total. The second kappa shape index (κ2) is 7.57. The summed E-state index contributed by atoms with van der Waals surface area (Å²) >= 11 is 0. The molecule has 23 heavy (non-hydrogen) atoms. The number of ether oxygens (including phenoxy) is 1. The molecule has 1 saturated heterocycles. The summed E-state index contributed by atoms with van der Waals surface area (Å²) in [6, 6.07) is 5.13. The molecule has 0 saturated carbocycles. The summed E-state index contributed by atoms with van der Waals surface area (Å²) in [4.78, 5) is 38.4. The van der Waals surface area contributed by atoms with Gasteiger partial charge >= 0.3 is 17.9 Å². The van der Waals surface area contributed by atoms with E-state index in [0.29, 0.717) is 18.8 Å². The van der Waals surface area contributed by atoms with Gasteiger partial charge in [0.1, 0.15) is 5.82 Å². The number of nitrogens with zero attached hydrogens (tertiary/aromatic N) is 2. The van der Waals surface area contributed by atoms with E-state index >= 15 is 0 Å². The number of rotatable bonds is 2. The van der Waals surface area contributed by atoms with Crippen molar-refractivity contribution in [3.8, 4) is 0 Å². The average molecular weight is 323 g/mol. The Bertz CT molecular complexity index is 583. The van der Waals surface area contributed by atoms with Crippen molar-refractivity contribution in [3.05, 3.63) is 30.1 Å². The molecule has 0 radical (unpaired) electrons. The third-order valence-corrected chi connectivity index (χ3v) is 3.39. The second-order valence-corrected chi connectivity index (χ2v) is 4.94. The molecule has 124 valence electrons. The van der Waals surface area contributed by atoms with Crippen molar-refractivity contribution >= 4 is 23.6 Å². The van der Waals surface area contributed by atoms with E-state index in [9.17, 15) is 18.8 Å². The Morgan fingerprint density at radius 3 is 2.22 bits per heavy atom. The standard InChI is InChI=1S/C15H18FN3O4/c1-2-23-15(22)19-9-7-18(8-10-19)14(21)13(20)17-12-5-3-11(16)4-6-12/h3-6H,2,7-10H2,1H3,(H,17,20). The zero-order valence-electron chi connectivity index (χ0n) is 12.8. The molecule has 0 bridgehead atoms. The Balaban J connectivity index is 1.85. The van der Waals surface area contributed by atoms with Crippen LogP contribution in [0.15, 0.2) is 24.3 Å². The molecular weight excluding hydrogens is 305 g/mol. The van der Waals surface area contributed by atoms with Crippen molar-refractivity contribution in [2.45, 2.75) is 6.92 Å². The second-order valence-electron chi connectivity index (χ2n) is 4.94. The quantitative estimate of drug-likeness (QED) is 0.826. The molecule has 3 amide bonds. The summed E-state index contributed by atoms with van der Waals surface area (Å²) in [7, 11) is 0. The maximum atomic E-state index is 12.8. The lowest BCUT2D eigenvalue weighted by molar-refractivity contribution is -0.144. The van der Waals surface area contributed by atoms with Gasteiger partial charge in [-0.05, 0) is 31.2 Å². The summed E-state index contributed by atoms with van der Waals surface area (Å²) in [6.45, 7) is 3.15. The number of halogens is 1. The van der Waals surface area contributed by atoms with Crippen LogP contribution < -0.4 is 5.32 Å². The van der Waals surface area contributed by atoms with Gasteiger partial charge in [-0.15, -0.1) is 0 Å². The number of carbonyl (C=O) groups is 3. The third-order valence-electron chi connectivity index (χ3n) is 3.39. The molecule has 8 heteroatoms. The molecule has 1 heterocycles. The minimum atomic E-state index is -0.791. The largest absolute Gasteiger partial charge is 0.450 e. The summed E-state index contributed by atoms with van der Waals surface area (Å²) in [5.74, 6) is -1.90. The molecule has 1 aliphatic heterocycles. The van der Waals surface area contributed by atoms with Gasteiger partial charge in [0.15, 0.2) is 0 Å². The number of carbonyl (C=O) groups excluding carboxylic acids is 3. The van der Waals surface area contributed by atoms with E-state index in [2.05, 4.69) is 5.32 Å². The molecule has 0 spiro atoms. The highest BCUT2D eigenvalue weighted by molar-refractivity contribution is 6.39. The van der Waals surface area contributed by atoms with Gasteiger partial charge < -0.3 is 19.9 Å². The number of anilines is 1. The van der Waals surface area contributed by atoms with E-state index in [0.717, 1.165) is 0 Å². The van der Waals surface area contributed by atoms with Gasteiger partial charge in [0.25, 0.3) is 0 Å². The summed E-state index contributed by atoms with van der Waals surface area (Å²) in [5.41, 5.74) is 0.343. The monoisotopic (exact) mass is 323 g/mol. The Labute approximate surface area is 133 Å². The smallest absolute Gasteiger partial charge is 0.409 e. The number of benzene rings is 1. The van der Waals surface area contributed by atoms with Gasteiger partial charge in [-0.1, -0.05) is 0 Å². The van der Waals surface area contributed by atoms with Gasteiger partial charge in [0, 0.05) is 31.9 Å². The highest BCUT2D eigenvalue weighted by atomic mass is 19.1. The summed E-state index contributed by atoms with van der Waals surface area (Å²) in [6.07, 6.45) is -0.421. The molecule has 1 aromatic carbocycles. The van der Waals surface area contributed by atoms with Crippen molar-refractivity contribution < 1.29 is 23.5 Å². The van der Waals surface area contributed by atoms with E-state index < -0.39 is 23.7 Å². The first-order valence-electron chi connectivity index (χ1n) is 7.28. The fraction of sp³-hybridized carbons (Fsp3) is 0.400. The maximum absolute atomic E-state index is 12.8. The minimum absolute atomic E-state index is 0.258. The Morgan fingerprint density at radius 1 is 1.09 bits per heavy atom. The van der Waals surface area contributed by atoms with Gasteiger partial charge in [-0.2, -0.15) is 0 Å². The van der Waals surface area contributed by atoms with Crippen LogP contribution in [-0.2, 0) is 14.3 Å². The van der Waals surface area contributed by atoms with Gasteiger partial charge in [-0.3, -0.25) is 9.59 Å². The average Bonchev–Trinajstić information content (AvgIpc) is 2.56. The highest BCUT2D eigenvalue weighted by Crippen LogP contribution is 2.09. The predicted molar refractivity (Wildman–Crippen MR) is 80.2 cm³/mol. The van der Waals surface area contributed by atoms with Crippen LogP contribution >= 0.6 is 0 Å². The van der Waals surface area contributed by atoms with E-state index in [1.807, 2.05) is 0 Å². The van der Waals surface area contributed by atoms with Gasteiger partial charge in [-0.25, -0.2) is 9.18 Å². The lowest BCUT2D eigenvalue weighted by Gasteiger charge is -2.33. The van der Waals surface area contributed by atoms with E-state index in [1.165, 1.54) is 34.1 Å². The first-order valence-corrected chi connectivity index (χ1v) is 7.28. The summed E-state index contributed by atoms with van der Waals surface area (Å²) < 4.78 is 17.7. The Kier molecular flexibility index (Phi) is 5.51. The molecular formula is C15H18FN3O4. The summed E-state index contributed by atoms with van der Waals surface area (Å²) in [5, 5.41) is 2.42. The van der Waals surface area contributed by atoms with Crippen molar-refractivity contribution in [2.24, 2.45) is 0 Å². The highest BCUT2D eigenvalue weighted by Gasteiger charge is 2.28. The number of hydrogen-bond donors (Lipinski definition) is 1. The molecule has 2 rings (SSSR count). The normalized spacial score (nSPS) is 14.3. The molecule has 7 nitrogen and oxygen atoms in total. The van der Waals surface area contributed by atoms with Crippen LogP contribution in [0.2, 0.25) is 0 Å². The van der Waals surface area contributed by atoms with Crippen molar-refractivity contribution in [1.82, 2.24) is 9.80 Å². The fourth-order valence-corrected chi connectivity index (χ4v) is 2.17. The Hall–Kier alpha value is -2.64. The molecule has 1 aliphatic rings. The SMILES string of the molecule is CCOC(=O)N1CCN(C(=O)C(=O)Nc2ccc(F)cc2)CC1. The molecule has 0 unspecified atom stereocenters. The van der Waals surface area contributed by atoms with Gasteiger partial charge in [0.2, 0.25) is 0 Å². The van der Waals surface area contributed by atoms with Crippen LogP contribution in [0.1, 0.15) is 6.92 Å². The van der Waals surface area contributed by atoms with Crippen LogP contribution in [0, 0.1) is 5.82 Å². The lowest BCUT2D eigenvalue weighted by atomic mass is 10.3. The number of hydrogen-bond acceptors (Lipinski definition) is 4. The van der Waals surface area contributed by atoms with Crippen LogP contribution in [0.4, 0.5) is 14.9 Å². The minimum Gasteiger partial charge on any atom is -0.450 e. The van der Waals surface area contributed by atoms with E-state index in [4.69, 9.17) is 4.74 Å². The lowest BCUT2D eigenvalue weighted by Crippen LogP contribution is -2.53. The van der Waals surface area contributed by atoms with E-state index in [-0.39, 0.29) is 19.7 Å².